The van der Waals surface area contributed by atoms with Crippen LogP contribution in [0.2, 0.25) is 0 Å². The van der Waals surface area contributed by atoms with E-state index in [0.29, 0.717) is 5.41 Å². The fourth-order valence-electron chi connectivity index (χ4n) is 3.30. The average molecular weight is 233 g/mol. The van der Waals surface area contributed by atoms with E-state index in [1.807, 2.05) is 0 Å². The van der Waals surface area contributed by atoms with Gasteiger partial charge in [0.1, 0.15) is 0 Å². The Morgan fingerprint density at radius 3 is 2.47 bits per heavy atom. The first-order chi connectivity index (χ1) is 7.96. The van der Waals surface area contributed by atoms with E-state index in [1.165, 1.54) is 25.9 Å². The van der Waals surface area contributed by atoms with Crippen molar-refractivity contribution in [2.75, 3.05) is 13.1 Å². The van der Waals surface area contributed by atoms with Crippen LogP contribution in [0.5, 0.6) is 0 Å². The van der Waals surface area contributed by atoms with Crippen LogP contribution in [0.15, 0.2) is 24.3 Å². The summed E-state index contributed by atoms with van der Waals surface area (Å²) in [6.07, 6.45) is 11.9. The zero-order valence-electron chi connectivity index (χ0n) is 11.8. The molecule has 1 aliphatic heterocycles. The van der Waals surface area contributed by atoms with E-state index in [4.69, 9.17) is 0 Å². The van der Waals surface area contributed by atoms with Gasteiger partial charge in [-0.2, -0.15) is 0 Å². The third-order valence-corrected chi connectivity index (χ3v) is 4.10. The van der Waals surface area contributed by atoms with Gasteiger partial charge in [-0.25, -0.2) is 0 Å². The van der Waals surface area contributed by atoms with Crippen LogP contribution in [0.4, 0.5) is 0 Å². The maximum atomic E-state index is 2.69. The first kappa shape index (κ1) is 12.9. The van der Waals surface area contributed by atoms with Crippen LogP contribution in [-0.4, -0.2) is 24.0 Å². The molecule has 2 rings (SSSR count). The zero-order valence-corrected chi connectivity index (χ0v) is 11.8. The minimum Gasteiger partial charge on any atom is -0.300 e. The van der Waals surface area contributed by atoms with Gasteiger partial charge in [0.05, 0.1) is 0 Å². The van der Waals surface area contributed by atoms with Crippen LogP contribution in [-0.2, 0) is 0 Å². The Bertz CT molecular complexity index is 308. The third kappa shape index (κ3) is 3.45. The molecule has 1 heteroatoms. The molecule has 0 bridgehead atoms. The summed E-state index contributed by atoms with van der Waals surface area (Å²) in [5, 5.41) is 0. The number of likely N-dealkylation sites (tertiary alicyclic amines) is 1. The smallest absolute Gasteiger partial charge is 0.00721 e. The molecule has 1 aliphatic carbocycles. The largest absolute Gasteiger partial charge is 0.300 e. The summed E-state index contributed by atoms with van der Waals surface area (Å²) in [4.78, 5) is 2.69. The highest BCUT2D eigenvalue weighted by Gasteiger charge is 2.30. The van der Waals surface area contributed by atoms with Crippen molar-refractivity contribution >= 4 is 0 Å². The highest BCUT2D eigenvalue weighted by molar-refractivity contribution is 5.16. The normalized spacial score (nSPS) is 31.3. The van der Waals surface area contributed by atoms with Gasteiger partial charge in [-0.1, -0.05) is 45.1 Å². The monoisotopic (exact) mass is 233 g/mol. The SMILES string of the molecule is CC(CC(C)(C)C)N1CCC2C=CC=CC2C1. The van der Waals surface area contributed by atoms with E-state index in [2.05, 4.69) is 56.9 Å². The van der Waals surface area contributed by atoms with Crippen LogP contribution in [0.1, 0.15) is 40.5 Å². The maximum absolute atomic E-state index is 2.69. The van der Waals surface area contributed by atoms with Crippen LogP contribution < -0.4 is 0 Å². The number of piperidine rings is 1. The summed E-state index contributed by atoms with van der Waals surface area (Å²) in [5.74, 6) is 1.56. The summed E-state index contributed by atoms with van der Waals surface area (Å²) in [7, 11) is 0. The standard InChI is InChI=1S/C16H27N/c1-13(11-16(2,3)4)17-10-9-14-7-5-6-8-15(14)12-17/h5-8,13-15H,9-12H2,1-4H3. The summed E-state index contributed by atoms with van der Waals surface area (Å²) in [6.45, 7) is 12.0. The van der Waals surface area contributed by atoms with E-state index < -0.39 is 0 Å². The van der Waals surface area contributed by atoms with E-state index in [1.54, 1.807) is 0 Å². The molecule has 3 atom stereocenters. The van der Waals surface area contributed by atoms with Crippen molar-refractivity contribution in [2.45, 2.75) is 46.6 Å². The molecule has 17 heavy (non-hydrogen) atoms. The number of allylic oxidation sites excluding steroid dienone is 3. The first-order valence-corrected chi connectivity index (χ1v) is 7.05. The second kappa shape index (κ2) is 4.97. The fourth-order valence-corrected chi connectivity index (χ4v) is 3.30. The van der Waals surface area contributed by atoms with E-state index in [-0.39, 0.29) is 0 Å². The first-order valence-electron chi connectivity index (χ1n) is 7.05. The van der Waals surface area contributed by atoms with Crippen molar-refractivity contribution in [1.82, 2.24) is 4.90 Å². The molecule has 0 spiro atoms. The van der Waals surface area contributed by atoms with Crippen LogP contribution in [0, 0.1) is 17.3 Å². The minimum atomic E-state index is 0.443. The van der Waals surface area contributed by atoms with Crippen LogP contribution in [0.25, 0.3) is 0 Å². The average Bonchev–Trinajstić information content (AvgIpc) is 2.26. The Labute approximate surface area is 107 Å². The molecule has 0 amide bonds. The molecule has 0 aromatic heterocycles. The maximum Gasteiger partial charge on any atom is 0.00721 e. The fraction of sp³-hybridized carbons (Fsp3) is 0.750. The lowest BCUT2D eigenvalue weighted by Gasteiger charge is -2.41. The van der Waals surface area contributed by atoms with Crippen molar-refractivity contribution in [3.63, 3.8) is 0 Å². The van der Waals surface area contributed by atoms with Gasteiger partial charge in [0.25, 0.3) is 0 Å². The van der Waals surface area contributed by atoms with Gasteiger partial charge in [0.15, 0.2) is 0 Å². The molecule has 0 radical (unpaired) electrons. The Balaban J connectivity index is 1.91. The molecule has 1 fully saturated rings. The van der Waals surface area contributed by atoms with Gasteiger partial charge < -0.3 is 4.90 Å². The third-order valence-electron chi connectivity index (χ3n) is 4.10. The van der Waals surface area contributed by atoms with Crippen molar-refractivity contribution in [3.8, 4) is 0 Å². The molecule has 96 valence electrons. The quantitative estimate of drug-likeness (QED) is 0.699. The lowest BCUT2D eigenvalue weighted by atomic mass is 9.81. The number of hydrogen-bond donors (Lipinski definition) is 0. The van der Waals surface area contributed by atoms with E-state index in [9.17, 15) is 0 Å². The number of nitrogens with zero attached hydrogens (tertiary/aromatic N) is 1. The molecule has 0 N–H and O–H groups in total. The lowest BCUT2D eigenvalue weighted by Crippen LogP contribution is -2.45. The molecular formula is C16H27N. The molecule has 3 unspecified atom stereocenters. The van der Waals surface area contributed by atoms with Gasteiger partial charge in [0.2, 0.25) is 0 Å². The zero-order chi connectivity index (χ0) is 12.5. The highest BCUT2D eigenvalue weighted by atomic mass is 15.2. The predicted octanol–water partition coefficient (Wildman–Crippen LogP) is 3.88. The highest BCUT2D eigenvalue weighted by Crippen LogP contribution is 2.31. The van der Waals surface area contributed by atoms with Gasteiger partial charge in [-0.3, -0.25) is 0 Å². The van der Waals surface area contributed by atoms with Crippen molar-refractivity contribution in [1.29, 1.82) is 0 Å². The molecule has 2 aliphatic rings. The molecule has 1 nitrogen and oxygen atoms in total. The van der Waals surface area contributed by atoms with Gasteiger partial charge in [-0.15, -0.1) is 0 Å². The van der Waals surface area contributed by atoms with Crippen molar-refractivity contribution in [2.24, 2.45) is 17.3 Å². The van der Waals surface area contributed by atoms with Gasteiger partial charge >= 0.3 is 0 Å². The second-order valence-corrected chi connectivity index (χ2v) is 6.99. The molecular weight excluding hydrogens is 206 g/mol. The van der Waals surface area contributed by atoms with Gasteiger partial charge in [0, 0.05) is 12.6 Å². The van der Waals surface area contributed by atoms with Crippen LogP contribution in [0.3, 0.4) is 0 Å². The van der Waals surface area contributed by atoms with E-state index >= 15 is 0 Å². The Kier molecular flexibility index (Phi) is 3.77. The lowest BCUT2D eigenvalue weighted by molar-refractivity contribution is 0.0987. The molecule has 0 aromatic rings. The number of hydrogen-bond acceptors (Lipinski definition) is 1. The van der Waals surface area contributed by atoms with E-state index in [0.717, 1.165) is 17.9 Å². The second-order valence-electron chi connectivity index (χ2n) is 6.99. The van der Waals surface area contributed by atoms with Crippen molar-refractivity contribution in [3.05, 3.63) is 24.3 Å². The predicted molar refractivity (Wildman–Crippen MR) is 75.0 cm³/mol. The van der Waals surface area contributed by atoms with Gasteiger partial charge in [-0.05, 0) is 43.6 Å². The Morgan fingerprint density at radius 1 is 1.18 bits per heavy atom. The molecule has 0 saturated carbocycles. The summed E-state index contributed by atoms with van der Waals surface area (Å²) >= 11 is 0. The summed E-state index contributed by atoms with van der Waals surface area (Å²) < 4.78 is 0. The van der Waals surface area contributed by atoms with Crippen molar-refractivity contribution < 1.29 is 0 Å². The summed E-state index contributed by atoms with van der Waals surface area (Å²) in [6, 6.07) is 0.718. The topological polar surface area (TPSA) is 3.24 Å². The van der Waals surface area contributed by atoms with Crippen LogP contribution >= 0.6 is 0 Å². The molecule has 1 heterocycles. The Morgan fingerprint density at radius 2 is 1.82 bits per heavy atom. The summed E-state index contributed by atoms with van der Waals surface area (Å²) in [5.41, 5.74) is 0.443. The minimum absolute atomic E-state index is 0.443. The number of rotatable bonds is 2. The number of fused-ring (bicyclic) bond motifs is 1. The molecule has 1 saturated heterocycles. The Hall–Kier alpha value is -0.560. The molecule has 0 aromatic carbocycles.